The summed E-state index contributed by atoms with van der Waals surface area (Å²) in [5.41, 5.74) is 0. The zero-order chi connectivity index (χ0) is 7.33. The Morgan fingerprint density at radius 1 is 1.36 bits per heavy atom. The summed E-state index contributed by atoms with van der Waals surface area (Å²) < 4.78 is 24.3. The van der Waals surface area contributed by atoms with Crippen LogP contribution >= 0.6 is 7.60 Å². The van der Waals surface area contributed by atoms with E-state index in [-0.39, 0.29) is 34.8 Å². The zero-order valence-corrected chi connectivity index (χ0v) is 10.7. The molecule has 0 aromatic rings. The van der Waals surface area contributed by atoms with E-state index in [9.17, 15) is 4.57 Å². The standard InChI is InChI=1S/C4H10O4P.CH3.W/c1-6-4-9(5,7-2)8-3;;/h1,4H2,2-3H3;1H3;/q2*-1;+2. The normalized spacial score (nSPS) is 9.73. The molecule has 0 aromatic heterocycles. The van der Waals surface area contributed by atoms with Crippen molar-refractivity contribution in [3.05, 3.63) is 14.5 Å². The average Bonchev–Trinajstić information content (AvgIpc) is 1.89. The summed E-state index contributed by atoms with van der Waals surface area (Å²) in [6, 6.07) is 0. The second-order valence-corrected chi connectivity index (χ2v) is 3.52. The van der Waals surface area contributed by atoms with Crippen molar-refractivity contribution < 1.29 is 39.4 Å². The Morgan fingerprint density at radius 2 is 1.73 bits per heavy atom. The second-order valence-electron chi connectivity index (χ2n) is 1.31. The third kappa shape index (κ3) is 7.17. The quantitative estimate of drug-likeness (QED) is 0.571. The molecule has 0 aliphatic rings. The van der Waals surface area contributed by atoms with Crippen LogP contribution in [0.1, 0.15) is 0 Å². The van der Waals surface area contributed by atoms with Crippen molar-refractivity contribution in [2.75, 3.05) is 20.6 Å². The van der Waals surface area contributed by atoms with E-state index in [0.717, 1.165) is 0 Å². The average molecular weight is 352 g/mol. The smallest absolute Gasteiger partial charge is 0.546 e. The Balaban J connectivity index is -0.000000320. The predicted molar refractivity (Wildman–Crippen MR) is 39.3 cm³/mol. The molecule has 0 amide bonds. The number of hydrogen-bond acceptors (Lipinski definition) is 4. The van der Waals surface area contributed by atoms with Crippen LogP contribution in [0.3, 0.4) is 0 Å². The Hall–Kier alpha value is 0.798. The first-order chi connectivity index (χ1) is 4.18. The molecule has 0 aromatic carbocycles. The maximum absolute atomic E-state index is 10.9. The molecular formula is C5H13O4PW. The Kier molecular flexibility index (Phi) is 14.4. The van der Waals surface area contributed by atoms with Gasteiger partial charge in [0, 0.05) is 14.2 Å². The molecular weight excluding hydrogens is 339 g/mol. The van der Waals surface area contributed by atoms with E-state index < -0.39 is 7.60 Å². The summed E-state index contributed by atoms with van der Waals surface area (Å²) in [4.78, 5) is 0. The van der Waals surface area contributed by atoms with Gasteiger partial charge in [0.05, 0.1) is 0 Å². The summed E-state index contributed by atoms with van der Waals surface area (Å²) in [6.07, 6.45) is -0.111. The molecule has 0 heterocycles. The molecule has 0 aliphatic carbocycles. The van der Waals surface area contributed by atoms with Crippen LogP contribution in [0, 0.1) is 14.5 Å². The molecule has 11 heavy (non-hydrogen) atoms. The molecule has 0 rings (SSSR count). The summed E-state index contributed by atoms with van der Waals surface area (Å²) in [5.74, 6) is 0. The van der Waals surface area contributed by atoms with Crippen LogP contribution in [-0.4, -0.2) is 20.6 Å². The van der Waals surface area contributed by atoms with E-state index in [0.29, 0.717) is 0 Å². The first-order valence-corrected chi connectivity index (χ1v) is 3.99. The minimum Gasteiger partial charge on any atom is -0.546 e. The van der Waals surface area contributed by atoms with Crippen LogP contribution in [0.2, 0.25) is 0 Å². The third-order valence-corrected chi connectivity index (χ3v) is 2.42. The van der Waals surface area contributed by atoms with Gasteiger partial charge in [0.15, 0.2) is 0 Å². The molecule has 6 heteroatoms. The van der Waals surface area contributed by atoms with Crippen molar-refractivity contribution in [3.63, 3.8) is 0 Å². The van der Waals surface area contributed by atoms with Gasteiger partial charge in [-0.25, -0.2) is 7.11 Å². The van der Waals surface area contributed by atoms with Crippen LogP contribution in [0.25, 0.3) is 0 Å². The van der Waals surface area contributed by atoms with Crippen LogP contribution in [0.4, 0.5) is 0 Å². The minimum atomic E-state index is -2.97. The molecule has 0 fully saturated rings. The Bertz CT molecular complexity index is 111. The van der Waals surface area contributed by atoms with Gasteiger partial charge in [0.25, 0.3) is 0 Å². The van der Waals surface area contributed by atoms with Crippen molar-refractivity contribution in [1.82, 2.24) is 0 Å². The van der Waals surface area contributed by atoms with Gasteiger partial charge in [0.1, 0.15) is 6.35 Å². The van der Waals surface area contributed by atoms with Gasteiger partial charge in [-0.05, 0) is 0 Å². The van der Waals surface area contributed by atoms with Crippen molar-refractivity contribution in [2.45, 2.75) is 0 Å². The third-order valence-electron chi connectivity index (χ3n) is 0.806. The van der Waals surface area contributed by atoms with Crippen molar-refractivity contribution in [2.24, 2.45) is 0 Å². The molecule has 0 atom stereocenters. The molecule has 0 saturated carbocycles. The van der Waals surface area contributed by atoms with E-state index >= 15 is 0 Å². The van der Waals surface area contributed by atoms with Crippen molar-refractivity contribution in [1.29, 1.82) is 0 Å². The number of hydrogen-bond donors (Lipinski definition) is 0. The summed E-state index contributed by atoms with van der Waals surface area (Å²) in [6.45, 7) is 0. The zero-order valence-electron chi connectivity index (χ0n) is 6.90. The fourth-order valence-electron chi connectivity index (χ4n) is 0.292. The van der Waals surface area contributed by atoms with E-state index in [2.05, 4.69) is 20.9 Å². The van der Waals surface area contributed by atoms with E-state index in [1.165, 1.54) is 14.2 Å². The monoisotopic (exact) mass is 352 g/mol. The summed E-state index contributed by atoms with van der Waals surface area (Å²) in [7, 11) is 2.66. The van der Waals surface area contributed by atoms with Gasteiger partial charge >= 0.3 is 28.7 Å². The molecule has 0 radical (unpaired) electrons. The van der Waals surface area contributed by atoms with Gasteiger partial charge in [-0.3, -0.25) is 4.57 Å². The fraction of sp³-hybridized carbons (Fsp3) is 0.600. The topological polar surface area (TPSA) is 44.8 Å². The predicted octanol–water partition coefficient (Wildman–Crippen LogP) is 1.69. The maximum Gasteiger partial charge on any atom is 2.00 e. The van der Waals surface area contributed by atoms with Gasteiger partial charge < -0.3 is 21.2 Å². The molecule has 0 bridgehead atoms. The second kappa shape index (κ2) is 8.89. The van der Waals surface area contributed by atoms with Crippen molar-refractivity contribution in [3.8, 4) is 0 Å². The van der Waals surface area contributed by atoms with Gasteiger partial charge in [-0.1, -0.05) is 0 Å². The van der Waals surface area contributed by atoms with E-state index in [4.69, 9.17) is 0 Å². The molecule has 0 saturated heterocycles. The van der Waals surface area contributed by atoms with Gasteiger partial charge in [0.2, 0.25) is 0 Å². The van der Waals surface area contributed by atoms with E-state index in [1.54, 1.807) is 0 Å². The first-order valence-electron chi connectivity index (χ1n) is 2.26. The first kappa shape index (κ1) is 17.8. The number of ether oxygens (including phenoxy) is 1. The minimum absolute atomic E-state index is 0. The van der Waals surface area contributed by atoms with Crippen LogP contribution < -0.4 is 0 Å². The number of rotatable bonds is 4. The summed E-state index contributed by atoms with van der Waals surface area (Å²) >= 11 is 0. The SMILES string of the molecule is [CH2-]OCP(=O)(OC)OC.[CH3-].[W+2]. The van der Waals surface area contributed by atoms with Crippen molar-refractivity contribution >= 4 is 7.60 Å². The summed E-state index contributed by atoms with van der Waals surface area (Å²) in [5, 5.41) is 0. The molecule has 0 spiro atoms. The molecule has 68 valence electrons. The van der Waals surface area contributed by atoms with Gasteiger partial charge in [-0.15, -0.1) is 0 Å². The van der Waals surface area contributed by atoms with Crippen LogP contribution in [-0.2, 0) is 39.4 Å². The van der Waals surface area contributed by atoms with Crippen LogP contribution in [0.15, 0.2) is 0 Å². The molecule has 0 aliphatic heterocycles. The maximum atomic E-state index is 10.9. The Labute approximate surface area is 82.4 Å². The van der Waals surface area contributed by atoms with E-state index in [1.807, 2.05) is 0 Å². The largest absolute Gasteiger partial charge is 2.00 e. The molecule has 4 nitrogen and oxygen atoms in total. The molecule has 0 unspecified atom stereocenters. The van der Waals surface area contributed by atoms with Crippen LogP contribution in [0.5, 0.6) is 0 Å². The molecule has 0 N–H and O–H groups in total. The Morgan fingerprint density at radius 3 is 1.82 bits per heavy atom. The fourth-order valence-corrected chi connectivity index (χ4v) is 0.875. The van der Waals surface area contributed by atoms with Gasteiger partial charge in [-0.2, -0.15) is 0 Å².